The Morgan fingerprint density at radius 2 is 1.92 bits per heavy atom. The van der Waals surface area contributed by atoms with Gasteiger partial charge in [-0.2, -0.15) is 0 Å². The Morgan fingerprint density at radius 1 is 1.28 bits per heavy atom. The van der Waals surface area contributed by atoms with E-state index >= 15 is 0 Å². The van der Waals surface area contributed by atoms with E-state index in [9.17, 15) is 9.35 Å². The number of carbonyl (C=O) groups is 1. The zero-order chi connectivity index (χ0) is 27.5. The van der Waals surface area contributed by atoms with Crippen molar-refractivity contribution in [3.8, 4) is 0 Å². The second-order valence-corrected chi connectivity index (χ2v) is 12.7. The summed E-state index contributed by atoms with van der Waals surface area (Å²) in [5.41, 5.74) is 1.41. The van der Waals surface area contributed by atoms with Crippen LogP contribution in [0, 0.1) is 0 Å². The molecule has 1 unspecified atom stereocenters. The topological polar surface area (TPSA) is 86.3 Å². The predicted octanol–water partition coefficient (Wildman–Crippen LogP) is 7.42. The summed E-state index contributed by atoms with van der Waals surface area (Å²) in [6, 6.07) is 0. The van der Waals surface area contributed by atoms with Crippen LogP contribution in [0.2, 0.25) is 0 Å². The number of allylic oxidation sites excluding steroid dienone is 4. The van der Waals surface area contributed by atoms with Gasteiger partial charge in [0.1, 0.15) is 0 Å². The minimum absolute atomic E-state index is 0.0785. The summed E-state index contributed by atoms with van der Waals surface area (Å²) >= 11 is 0.275. The first-order chi connectivity index (χ1) is 16.8. The van der Waals surface area contributed by atoms with Gasteiger partial charge in [0.05, 0.1) is 32.9 Å². The van der Waals surface area contributed by atoms with Gasteiger partial charge in [0, 0.05) is 23.7 Å². The van der Waals surface area contributed by atoms with Crippen molar-refractivity contribution in [1.29, 1.82) is 0 Å². The van der Waals surface area contributed by atoms with Gasteiger partial charge >= 0.3 is 6.09 Å². The average molecular weight is 538 g/mol. The molecule has 1 amide bonds. The first-order valence-electron chi connectivity index (χ1n) is 13.0. The van der Waals surface area contributed by atoms with E-state index in [1.165, 1.54) is 0 Å². The molecule has 0 bridgehead atoms. The van der Waals surface area contributed by atoms with Gasteiger partial charge in [0.25, 0.3) is 0 Å². The van der Waals surface area contributed by atoms with Crippen LogP contribution in [0.1, 0.15) is 104 Å². The van der Waals surface area contributed by atoms with Crippen molar-refractivity contribution in [2.75, 3.05) is 6.54 Å². The van der Waals surface area contributed by atoms with Gasteiger partial charge in [0.15, 0.2) is 4.91 Å². The van der Waals surface area contributed by atoms with Gasteiger partial charge < -0.3 is 14.6 Å². The molecule has 0 spiro atoms. The van der Waals surface area contributed by atoms with E-state index in [2.05, 4.69) is 43.5 Å². The maximum absolute atomic E-state index is 13.4. The predicted molar refractivity (Wildman–Crippen MR) is 155 cm³/mol. The zero-order valence-electron chi connectivity index (χ0n) is 23.7. The van der Waals surface area contributed by atoms with Crippen molar-refractivity contribution in [3.63, 3.8) is 0 Å². The Balaban J connectivity index is 3.23. The van der Waals surface area contributed by atoms with Crippen LogP contribution >= 0.6 is 11.3 Å². The number of nitrogens with one attached hydrogen (secondary N) is 2. The molecular weight excluding hydrogens is 490 g/mol. The third-order valence-electron chi connectivity index (χ3n) is 5.67. The maximum atomic E-state index is 13.4. The molecule has 0 aromatic carbocycles. The van der Waals surface area contributed by atoms with Crippen LogP contribution in [0.15, 0.2) is 35.4 Å². The summed E-state index contributed by atoms with van der Waals surface area (Å²) < 4.78 is 21.8. The number of hydrogen-bond donors (Lipinski definition) is 2. The van der Waals surface area contributed by atoms with E-state index in [0.717, 1.165) is 58.0 Å². The van der Waals surface area contributed by atoms with E-state index in [1.54, 1.807) is 11.3 Å². The zero-order valence-corrected chi connectivity index (χ0v) is 25.4. The normalized spacial score (nSPS) is 14.2. The van der Waals surface area contributed by atoms with Crippen LogP contribution < -0.4 is 10.0 Å². The van der Waals surface area contributed by atoms with Gasteiger partial charge in [0.2, 0.25) is 0 Å². The molecule has 2 N–H and O–H groups in total. The van der Waals surface area contributed by atoms with Crippen molar-refractivity contribution in [3.05, 3.63) is 45.3 Å². The second-order valence-electron chi connectivity index (χ2n) is 10.5. The molecule has 6 nitrogen and oxygen atoms in total. The summed E-state index contributed by atoms with van der Waals surface area (Å²) in [5.74, 6) is 0. The van der Waals surface area contributed by atoms with Gasteiger partial charge in [-0.05, 0) is 79.7 Å². The SMILES string of the molecule is C=C(C)/C=C(\C(=C/CC)c1cnc(C(CC)(CC)CCCNC(=O)OC(C)C)s1)[S+]([O-])NC(C)(C)C. The number of amides is 1. The van der Waals surface area contributed by atoms with Crippen molar-refractivity contribution < 1.29 is 14.1 Å². The van der Waals surface area contributed by atoms with E-state index in [4.69, 9.17) is 9.72 Å². The van der Waals surface area contributed by atoms with Crippen molar-refractivity contribution in [2.45, 2.75) is 111 Å². The molecule has 1 atom stereocenters. The number of rotatable bonds is 14. The summed E-state index contributed by atoms with van der Waals surface area (Å²) in [5, 5.41) is 3.93. The Kier molecular flexibility index (Phi) is 13.5. The lowest BCUT2D eigenvalue weighted by Crippen LogP contribution is -2.41. The second kappa shape index (κ2) is 15.0. The highest BCUT2D eigenvalue weighted by atomic mass is 32.2. The lowest BCUT2D eigenvalue weighted by molar-refractivity contribution is 0.115. The highest BCUT2D eigenvalue weighted by Crippen LogP contribution is 2.41. The number of carbonyl (C=O) groups excluding carboxylic acids is 1. The number of thiazole rings is 1. The highest BCUT2D eigenvalue weighted by molar-refractivity contribution is 7.94. The molecule has 0 fully saturated rings. The maximum Gasteiger partial charge on any atom is 0.407 e. The first kappa shape index (κ1) is 32.4. The number of alkyl carbamates (subject to hydrolysis) is 1. The smallest absolute Gasteiger partial charge is 0.407 e. The molecule has 0 aliphatic heterocycles. The average Bonchev–Trinajstić information content (AvgIpc) is 3.25. The Morgan fingerprint density at radius 3 is 2.42 bits per heavy atom. The summed E-state index contributed by atoms with van der Waals surface area (Å²) in [7, 11) is 0. The summed E-state index contributed by atoms with van der Waals surface area (Å²) in [4.78, 5) is 18.4. The van der Waals surface area contributed by atoms with E-state index in [0.29, 0.717) is 6.54 Å². The third kappa shape index (κ3) is 10.4. The van der Waals surface area contributed by atoms with E-state index < -0.39 is 11.4 Å². The molecule has 0 radical (unpaired) electrons. The minimum atomic E-state index is -1.40. The van der Waals surface area contributed by atoms with Gasteiger partial charge in [-0.1, -0.05) is 39.0 Å². The highest BCUT2D eigenvalue weighted by Gasteiger charge is 2.33. The number of nitrogens with zero attached hydrogens (tertiary/aromatic N) is 1. The van der Waals surface area contributed by atoms with Crippen LogP contribution in [0.25, 0.3) is 5.57 Å². The van der Waals surface area contributed by atoms with Crippen molar-refractivity contribution in [2.24, 2.45) is 0 Å². The van der Waals surface area contributed by atoms with Gasteiger partial charge in [-0.3, -0.25) is 0 Å². The van der Waals surface area contributed by atoms with Crippen LogP contribution in [-0.4, -0.2) is 33.8 Å². The van der Waals surface area contributed by atoms with Crippen LogP contribution in [0.4, 0.5) is 4.79 Å². The molecule has 1 heterocycles. The van der Waals surface area contributed by atoms with Gasteiger partial charge in [-0.15, -0.1) is 16.1 Å². The van der Waals surface area contributed by atoms with Crippen LogP contribution in [0.5, 0.6) is 0 Å². The molecule has 0 saturated carbocycles. The van der Waals surface area contributed by atoms with Crippen molar-refractivity contribution in [1.82, 2.24) is 15.0 Å². The summed E-state index contributed by atoms with van der Waals surface area (Å²) in [6.45, 7) is 22.7. The fourth-order valence-corrected chi connectivity index (χ4v) is 6.61. The standard InChI is InChI=1S/C28H47N3O3S2/c1-11-15-22(24(18-20(4)5)36(33)31-27(8,9)10)23-19-30-25(35-23)28(12-2,13-3)16-14-17-29-26(32)34-21(6)7/h15,18-19,21,31H,4,11-14,16-17H2,1-3,5-10H3,(H,29,32)/b22-15-,24-18+. The Labute approximate surface area is 226 Å². The lowest BCUT2D eigenvalue weighted by atomic mass is 9.79. The van der Waals surface area contributed by atoms with Gasteiger partial charge in [-0.25, -0.2) is 9.78 Å². The first-order valence-corrected chi connectivity index (χ1v) is 14.9. The monoisotopic (exact) mass is 537 g/mol. The number of aromatic nitrogens is 1. The largest absolute Gasteiger partial charge is 0.593 e. The molecule has 8 heteroatoms. The molecule has 204 valence electrons. The van der Waals surface area contributed by atoms with Crippen molar-refractivity contribution >= 4 is 34.4 Å². The quantitative estimate of drug-likeness (QED) is 0.146. The third-order valence-corrected chi connectivity index (χ3v) is 8.48. The summed E-state index contributed by atoms with van der Waals surface area (Å²) in [6.07, 6.45) is 9.90. The van der Waals surface area contributed by atoms with Crippen LogP contribution in [0.3, 0.4) is 0 Å². The molecular formula is C28H47N3O3S2. The fourth-order valence-electron chi connectivity index (χ4n) is 3.84. The number of hydrogen-bond acceptors (Lipinski definition) is 6. The molecule has 0 saturated heterocycles. The number of ether oxygens (including phenoxy) is 1. The molecule has 0 aliphatic rings. The molecule has 1 rings (SSSR count). The minimum Gasteiger partial charge on any atom is -0.593 e. The van der Waals surface area contributed by atoms with E-state index in [-0.39, 0.29) is 23.2 Å². The lowest BCUT2D eigenvalue weighted by Gasteiger charge is -2.29. The molecule has 0 aliphatic carbocycles. The Hall–Kier alpha value is -1.61. The molecule has 1 aromatic rings. The molecule has 36 heavy (non-hydrogen) atoms. The fraction of sp³-hybridized carbons (Fsp3) is 0.643. The van der Waals surface area contributed by atoms with Crippen LogP contribution in [-0.2, 0) is 21.5 Å². The molecule has 1 aromatic heterocycles. The van der Waals surface area contributed by atoms with E-state index in [1.807, 2.05) is 53.8 Å². The Bertz CT molecular complexity index is 909.